The number of aliphatic hydroxyl groups is 1. The van der Waals surface area contributed by atoms with Crippen molar-refractivity contribution in [1.29, 1.82) is 0 Å². The van der Waals surface area contributed by atoms with Gasteiger partial charge in [0.25, 0.3) is 8.32 Å². The molecule has 2 aliphatic carbocycles. The summed E-state index contributed by atoms with van der Waals surface area (Å²) in [5.41, 5.74) is 0. The average molecular weight is 409 g/mol. The predicted octanol–water partition coefficient (Wildman–Crippen LogP) is 3.54. The second kappa shape index (κ2) is 7.82. The van der Waals surface area contributed by atoms with Crippen molar-refractivity contribution in [1.82, 2.24) is 0 Å². The van der Waals surface area contributed by atoms with Gasteiger partial charge in [0.2, 0.25) is 0 Å². The molecule has 0 unspecified atom stereocenters. The number of Topliss-reactive ketones (excluding diaryl/α,β-unsaturated/α-hetero) is 1. The van der Waals surface area contributed by atoms with Gasteiger partial charge in [0, 0.05) is 25.4 Å². The van der Waals surface area contributed by atoms with E-state index in [1.165, 1.54) is 10.4 Å². The van der Waals surface area contributed by atoms with Crippen molar-refractivity contribution in [2.45, 2.75) is 51.2 Å². The first-order chi connectivity index (χ1) is 13.8. The van der Waals surface area contributed by atoms with Gasteiger partial charge in [-0.15, -0.1) is 0 Å². The Bertz CT molecular complexity index is 804. The summed E-state index contributed by atoms with van der Waals surface area (Å²) in [6, 6.07) is 21.2. The van der Waals surface area contributed by atoms with Crippen LogP contribution in [0.4, 0.5) is 0 Å². The zero-order valence-corrected chi connectivity index (χ0v) is 18.7. The number of hydrogen-bond acceptors (Lipinski definition) is 3. The summed E-state index contributed by atoms with van der Waals surface area (Å²) in [6.07, 6.45) is 1.62. The molecule has 2 saturated carbocycles. The summed E-state index contributed by atoms with van der Waals surface area (Å²) in [6.45, 7) is 7.33. The molecule has 4 atom stereocenters. The Kier molecular flexibility index (Phi) is 5.53. The Labute approximate surface area is 175 Å². The summed E-state index contributed by atoms with van der Waals surface area (Å²) in [5, 5.41) is 13.2. The molecule has 0 bridgehead atoms. The van der Waals surface area contributed by atoms with E-state index >= 15 is 0 Å². The minimum absolute atomic E-state index is 0.0492. The first-order valence-electron chi connectivity index (χ1n) is 10.8. The van der Waals surface area contributed by atoms with Crippen LogP contribution in [0.2, 0.25) is 5.04 Å². The van der Waals surface area contributed by atoms with Gasteiger partial charge in [-0.2, -0.15) is 0 Å². The first-order valence-corrected chi connectivity index (χ1v) is 12.7. The fraction of sp³-hybridized carbons (Fsp3) is 0.480. The monoisotopic (exact) mass is 408 g/mol. The van der Waals surface area contributed by atoms with Gasteiger partial charge in [-0.25, -0.2) is 0 Å². The fourth-order valence-electron chi connectivity index (χ4n) is 5.70. The van der Waals surface area contributed by atoms with Crippen LogP contribution < -0.4 is 10.4 Å². The molecule has 0 aliphatic heterocycles. The summed E-state index contributed by atoms with van der Waals surface area (Å²) in [5.74, 6) is 1.01. The molecule has 3 nitrogen and oxygen atoms in total. The van der Waals surface area contributed by atoms with Crippen molar-refractivity contribution >= 4 is 24.5 Å². The van der Waals surface area contributed by atoms with Crippen LogP contribution in [-0.2, 0) is 9.22 Å². The van der Waals surface area contributed by atoms with E-state index in [0.717, 1.165) is 6.42 Å². The topological polar surface area (TPSA) is 46.5 Å². The maximum atomic E-state index is 12.0. The van der Waals surface area contributed by atoms with Crippen molar-refractivity contribution in [3.8, 4) is 0 Å². The fourth-order valence-corrected chi connectivity index (χ4v) is 10.3. The number of fused-ring (bicyclic) bond motifs is 1. The zero-order chi connectivity index (χ0) is 20.6. The van der Waals surface area contributed by atoms with Crippen molar-refractivity contribution in [3.05, 3.63) is 60.7 Å². The van der Waals surface area contributed by atoms with Crippen LogP contribution >= 0.6 is 0 Å². The van der Waals surface area contributed by atoms with Crippen LogP contribution in [0.25, 0.3) is 0 Å². The van der Waals surface area contributed by atoms with Gasteiger partial charge >= 0.3 is 0 Å². The van der Waals surface area contributed by atoms with Gasteiger partial charge in [-0.1, -0.05) is 81.4 Å². The Morgan fingerprint density at radius 1 is 0.966 bits per heavy atom. The van der Waals surface area contributed by atoms with Crippen molar-refractivity contribution in [2.75, 3.05) is 6.61 Å². The third-order valence-electron chi connectivity index (χ3n) is 7.06. The van der Waals surface area contributed by atoms with Gasteiger partial charge < -0.3 is 9.53 Å². The van der Waals surface area contributed by atoms with Crippen LogP contribution in [0.5, 0.6) is 0 Å². The molecule has 0 amide bonds. The number of carbonyl (C=O) groups excluding carboxylic acids is 1. The number of ketones is 1. The molecule has 1 N–H and O–H groups in total. The molecule has 0 heterocycles. The molecule has 4 heteroatoms. The highest BCUT2D eigenvalue weighted by atomic mass is 28.4. The Hall–Kier alpha value is -1.75. The predicted molar refractivity (Wildman–Crippen MR) is 119 cm³/mol. The molecule has 0 aromatic heterocycles. The van der Waals surface area contributed by atoms with E-state index in [1.54, 1.807) is 0 Å². The second-order valence-electron chi connectivity index (χ2n) is 9.81. The van der Waals surface area contributed by atoms with E-state index < -0.39 is 8.32 Å². The molecular weight excluding hydrogens is 376 g/mol. The van der Waals surface area contributed by atoms with E-state index in [1.807, 2.05) is 12.1 Å². The molecule has 2 aromatic rings. The highest BCUT2D eigenvalue weighted by molar-refractivity contribution is 6.99. The summed E-state index contributed by atoms with van der Waals surface area (Å²) in [4.78, 5) is 12.0. The molecule has 0 saturated heterocycles. The van der Waals surface area contributed by atoms with Crippen LogP contribution in [0.15, 0.2) is 60.7 Å². The van der Waals surface area contributed by atoms with Crippen molar-refractivity contribution in [3.63, 3.8) is 0 Å². The highest BCUT2D eigenvalue weighted by Gasteiger charge is 2.53. The van der Waals surface area contributed by atoms with E-state index in [9.17, 15) is 9.90 Å². The van der Waals surface area contributed by atoms with E-state index in [4.69, 9.17) is 4.43 Å². The maximum Gasteiger partial charge on any atom is 0.261 e. The lowest BCUT2D eigenvalue weighted by Crippen LogP contribution is -2.67. The Morgan fingerprint density at radius 2 is 1.52 bits per heavy atom. The third-order valence-corrected chi connectivity index (χ3v) is 12.1. The third kappa shape index (κ3) is 3.62. The lowest BCUT2D eigenvalue weighted by Gasteiger charge is -2.44. The maximum absolute atomic E-state index is 12.0. The molecule has 4 rings (SSSR count). The summed E-state index contributed by atoms with van der Waals surface area (Å²) >= 11 is 0. The number of rotatable bonds is 5. The minimum Gasteiger partial charge on any atom is -0.407 e. The van der Waals surface area contributed by atoms with E-state index in [0.29, 0.717) is 31.1 Å². The average Bonchev–Trinajstić information content (AvgIpc) is 3.18. The van der Waals surface area contributed by atoms with Crippen LogP contribution in [0, 0.1) is 17.8 Å². The van der Waals surface area contributed by atoms with Gasteiger partial charge in [0.15, 0.2) is 0 Å². The zero-order valence-electron chi connectivity index (χ0n) is 17.7. The SMILES string of the molecule is CC(C)(C)[Si](OC[C@H]1[C@H]2CC(=O)C[C@H]2C[C@H]1O)(c1ccccc1)c1ccccc1. The molecule has 2 fully saturated rings. The Balaban J connectivity index is 1.72. The molecule has 2 aliphatic rings. The summed E-state index contributed by atoms with van der Waals surface area (Å²) < 4.78 is 7.03. The normalized spacial score (nSPS) is 27.2. The smallest absolute Gasteiger partial charge is 0.261 e. The van der Waals surface area contributed by atoms with Gasteiger partial charge in [-0.3, -0.25) is 4.79 Å². The quantitative estimate of drug-likeness (QED) is 0.770. The second-order valence-corrected chi connectivity index (χ2v) is 14.1. The van der Waals surface area contributed by atoms with E-state index in [2.05, 4.69) is 69.3 Å². The van der Waals surface area contributed by atoms with Crippen molar-refractivity contribution in [2.24, 2.45) is 17.8 Å². The standard InChI is InChI=1S/C25H32O3Si/c1-25(2,3)29(20-10-6-4-7-11-20,21-12-8-5-9-13-21)28-17-23-22-16-19(26)14-18(22)15-24(23)27/h4-13,18,22-24,27H,14-17H2,1-3H3/t18-,22-,23-,24+/m0/s1. The molecule has 0 radical (unpaired) electrons. The number of benzene rings is 2. The van der Waals surface area contributed by atoms with Crippen LogP contribution in [0.1, 0.15) is 40.0 Å². The number of hydrogen-bond donors (Lipinski definition) is 1. The molecule has 2 aromatic carbocycles. The highest BCUT2D eigenvalue weighted by Crippen LogP contribution is 2.47. The van der Waals surface area contributed by atoms with Gasteiger partial charge in [-0.05, 0) is 33.7 Å². The van der Waals surface area contributed by atoms with E-state index in [-0.39, 0.29) is 23.0 Å². The largest absolute Gasteiger partial charge is 0.407 e. The van der Waals surface area contributed by atoms with Crippen LogP contribution in [0.3, 0.4) is 0 Å². The van der Waals surface area contributed by atoms with Crippen LogP contribution in [-0.4, -0.2) is 31.9 Å². The van der Waals surface area contributed by atoms with Gasteiger partial charge in [0.1, 0.15) is 5.78 Å². The lowest BCUT2D eigenvalue weighted by atomic mass is 9.92. The molecular formula is C25H32O3Si. The minimum atomic E-state index is -2.60. The number of carbonyl (C=O) groups is 1. The molecule has 29 heavy (non-hydrogen) atoms. The molecule has 154 valence electrons. The lowest BCUT2D eigenvalue weighted by molar-refractivity contribution is -0.118. The van der Waals surface area contributed by atoms with Gasteiger partial charge in [0.05, 0.1) is 6.10 Å². The first kappa shape index (κ1) is 20.5. The Morgan fingerprint density at radius 3 is 2.03 bits per heavy atom. The van der Waals surface area contributed by atoms with Crippen molar-refractivity contribution < 1.29 is 14.3 Å². The number of aliphatic hydroxyl groups excluding tert-OH is 1. The molecule has 0 spiro atoms. The summed E-state index contributed by atoms with van der Waals surface area (Å²) in [7, 11) is -2.60.